The average molecular weight is 281 g/mol. The molecule has 1 aromatic rings. The second-order valence-corrected chi connectivity index (χ2v) is 7.26. The first-order valence-corrected chi connectivity index (χ1v) is 8.07. The molecule has 0 amide bonds. The normalized spacial score (nSPS) is 20.1. The summed E-state index contributed by atoms with van der Waals surface area (Å²) in [6.07, 6.45) is 2.61. The van der Waals surface area contributed by atoms with Crippen molar-refractivity contribution in [3.63, 3.8) is 0 Å². The molecular weight excluding hydrogens is 254 g/mol. The van der Waals surface area contributed by atoms with Crippen LogP contribution in [0.4, 0.5) is 0 Å². The number of hydrogen-bond acceptors (Lipinski definition) is 4. The quantitative estimate of drug-likeness (QED) is 0.899. The number of hydrogen-bond donors (Lipinski definition) is 1. The first-order chi connectivity index (χ1) is 9.10. The zero-order valence-electron chi connectivity index (χ0n) is 12.4. The van der Waals surface area contributed by atoms with Crippen molar-refractivity contribution in [2.75, 3.05) is 40.3 Å². The van der Waals surface area contributed by atoms with E-state index >= 15 is 0 Å². The fraction of sp³-hybridized carbons (Fsp3) is 0.733. The van der Waals surface area contributed by atoms with Crippen LogP contribution in [0.25, 0.3) is 0 Å². The number of piperidine rings is 1. The third kappa shape index (κ3) is 4.02. The first-order valence-electron chi connectivity index (χ1n) is 7.25. The summed E-state index contributed by atoms with van der Waals surface area (Å²) < 4.78 is 0. The Balaban J connectivity index is 1.92. The Morgan fingerprint density at radius 3 is 2.53 bits per heavy atom. The van der Waals surface area contributed by atoms with Gasteiger partial charge in [0.15, 0.2) is 0 Å². The van der Waals surface area contributed by atoms with Gasteiger partial charge in [0, 0.05) is 22.8 Å². The topological polar surface area (TPSA) is 32.5 Å². The zero-order chi connectivity index (χ0) is 13.8. The summed E-state index contributed by atoms with van der Waals surface area (Å²) in [5, 5.41) is 0. The van der Waals surface area contributed by atoms with Gasteiger partial charge < -0.3 is 10.6 Å². The third-order valence-electron chi connectivity index (χ3n) is 4.03. The Morgan fingerprint density at radius 2 is 2.05 bits per heavy atom. The highest BCUT2D eigenvalue weighted by Gasteiger charge is 2.26. The van der Waals surface area contributed by atoms with Gasteiger partial charge in [0.25, 0.3) is 0 Å². The van der Waals surface area contributed by atoms with Crippen molar-refractivity contribution in [2.45, 2.75) is 25.8 Å². The van der Waals surface area contributed by atoms with E-state index in [0.29, 0.717) is 6.04 Å². The Kier molecular flexibility index (Phi) is 5.39. The second kappa shape index (κ2) is 6.84. The maximum atomic E-state index is 6.02. The van der Waals surface area contributed by atoms with Crippen LogP contribution in [-0.4, -0.2) is 50.1 Å². The molecule has 0 bridgehead atoms. The van der Waals surface area contributed by atoms with Crippen molar-refractivity contribution < 1.29 is 0 Å². The van der Waals surface area contributed by atoms with Gasteiger partial charge in [-0.15, -0.1) is 11.3 Å². The number of thiophene rings is 1. The summed E-state index contributed by atoms with van der Waals surface area (Å²) in [6, 6.07) is 4.89. The minimum absolute atomic E-state index is 0.430. The Labute approximate surface area is 121 Å². The molecule has 108 valence electrons. The molecule has 2 N–H and O–H groups in total. The smallest absolute Gasteiger partial charge is 0.0564 e. The maximum absolute atomic E-state index is 6.02. The molecule has 0 aromatic carbocycles. The lowest BCUT2D eigenvalue weighted by atomic mass is 9.95. The highest BCUT2D eigenvalue weighted by atomic mass is 32.1. The van der Waals surface area contributed by atoms with E-state index in [-0.39, 0.29) is 0 Å². The van der Waals surface area contributed by atoms with Crippen molar-refractivity contribution in [1.82, 2.24) is 9.80 Å². The van der Waals surface area contributed by atoms with Gasteiger partial charge in [-0.1, -0.05) is 0 Å². The van der Waals surface area contributed by atoms with Crippen LogP contribution in [0, 0.1) is 12.8 Å². The summed E-state index contributed by atoms with van der Waals surface area (Å²) in [5.41, 5.74) is 6.02. The van der Waals surface area contributed by atoms with E-state index in [2.05, 4.69) is 43.0 Å². The monoisotopic (exact) mass is 281 g/mol. The van der Waals surface area contributed by atoms with Crippen molar-refractivity contribution in [2.24, 2.45) is 11.7 Å². The fourth-order valence-electron chi connectivity index (χ4n) is 3.04. The summed E-state index contributed by atoms with van der Waals surface area (Å²) in [4.78, 5) is 7.71. The summed E-state index contributed by atoms with van der Waals surface area (Å²) in [7, 11) is 4.34. The van der Waals surface area contributed by atoms with Gasteiger partial charge in [0.1, 0.15) is 0 Å². The lowest BCUT2D eigenvalue weighted by Gasteiger charge is -2.37. The molecular formula is C15H27N3S. The number of aryl methyl sites for hydroxylation is 1. The number of nitrogens with zero attached hydrogens (tertiary/aromatic N) is 2. The van der Waals surface area contributed by atoms with Crippen LogP contribution in [0.1, 0.15) is 28.6 Å². The molecule has 19 heavy (non-hydrogen) atoms. The molecule has 2 rings (SSSR count). The molecule has 1 aliphatic rings. The first kappa shape index (κ1) is 15.0. The standard InChI is InChI=1S/C15H27N3S/c1-12-4-5-15(19-12)14(10-16)18-8-6-13(7-9-18)11-17(2)3/h4-5,13-14H,6-11,16H2,1-3H3. The molecule has 0 aliphatic carbocycles. The summed E-state index contributed by atoms with van der Waals surface area (Å²) in [6.45, 7) is 6.51. The van der Waals surface area contributed by atoms with Crippen molar-refractivity contribution >= 4 is 11.3 Å². The van der Waals surface area contributed by atoms with E-state index in [0.717, 1.165) is 12.5 Å². The van der Waals surface area contributed by atoms with Crippen LogP contribution < -0.4 is 5.73 Å². The van der Waals surface area contributed by atoms with Gasteiger partial charge in [-0.2, -0.15) is 0 Å². The maximum Gasteiger partial charge on any atom is 0.0564 e. The highest BCUT2D eigenvalue weighted by Crippen LogP contribution is 2.30. The average Bonchev–Trinajstić information content (AvgIpc) is 2.78. The van der Waals surface area contributed by atoms with Crippen LogP contribution in [0.2, 0.25) is 0 Å². The van der Waals surface area contributed by atoms with Crippen LogP contribution >= 0.6 is 11.3 Å². The molecule has 0 radical (unpaired) electrons. The van der Waals surface area contributed by atoms with Crippen LogP contribution in [0.15, 0.2) is 12.1 Å². The van der Waals surface area contributed by atoms with Crippen molar-refractivity contribution in [3.05, 3.63) is 21.9 Å². The Bertz CT molecular complexity index is 380. The lowest BCUT2D eigenvalue weighted by molar-refractivity contribution is 0.124. The van der Waals surface area contributed by atoms with E-state index < -0.39 is 0 Å². The van der Waals surface area contributed by atoms with E-state index in [1.54, 1.807) is 0 Å². The van der Waals surface area contributed by atoms with Gasteiger partial charge >= 0.3 is 0 Å². The molecule has 1 saturated heterocycles. The van der Waals surface area contributed by atoms with E-state index in [1.165, 1.54) is 42.2 Å². The molecule has 1 fully saturated rings. The van der Waals surface area contributed by atoms with Crippen molar-refractivity contribution in [3.8, 4) is 0 Å². The van der Waals surface area contributed by atoms with Gasteiger partial charge in [-0.3, -0.25) is 4.90 Å². The number of likely N-dealkylation sites (tertiary alicyclic amines) is 1. The zero-order valence-corrected chi connectivity index (χ0v) is 13.2. The van der Waals surface area contributed by atoms with Gasteiger partial charge in [-0.25, -0.2) is 0 Å². The SMILES string of the molecule is Cc1ccc(C(CN)N2CCC(CN(C)C)CC2)s1. The minimum atomic E-state index is 0.430. The Morgan fingerprint density at radius 1 is 1.37 bits per heavy atom. The van der Waals surface area contributed by atoms with E-state index in [4.69, 9.17) is 5.73 Å². The van der Waals surface area contributed by atoms with Crippen LogP contribution in [-0.2, 0) is 0 Å². The van der Waals surface area contributed by atoms with Gasteiger partial charge in [-0.05, 0) is 65.0 Å². The second-order valence-electron chi connectivity index (χ2n) is 5.94. The molecule has 0 spiro atoms. The largest absolute Gasteiger partial charge is 0.329 e. The fourth-order valence-corrected chi connectivity index (χ4v) is 4.07. The number of rotatable bonds is 5. The third-order valence-corrected chi connectivity index (χ3v) is 5.13. The molecule has 2 heterocycles. The van der Waals surface area contributed by atoms with Gasteiger partial charge in [0.05, 0.1) is 6.04 Å². The van der Waals surface area contributed by atoms with Crippen LogP contribution in [0.5, 0.6) is 0 Å². The van der Waals surface area contributed by atoms with Gasteiger partial charge in [0.2, 0.25) is 0 Å². The molecule has 3 nitrogen and oxygen atoms in total. The summed E-state index contributed by atoms with van der Waals surface area (Å²) >= 11 is 1.90. The molecule has 4 heteroatoms. The molecule has 1 aromatic heterocycles. The molecule has 1 unspecified atom stereocenters. The van der Waals surface area contributed by atoms with E-state index in [9.17, 15) is 0 Å². The molecule has 1 aliphatic heterocycles. The predicted octanol–water partition coefficient (Wildman–Crippen LogP) is 2.33. The predicted molar refractivity (Wildman–Crippen MR) is 83.7 cm³/mol. The number of nitrogens with two attached hydrogens (primary N) is 1. The summed E-state index contributed by atoms with van der Waals surface area (Å²) in [5.74, 6) is 0.856. The molecule has 1 atom stereocenters. The Hall–Kier alpha value is -0.420. The highest BCUT2D eigenvalue weighted by molar-refractivity contribution is 7.12. The van der Waals surface area contributed by atoms with E-state index in [1.807, 2.05) is 11.3 Å². The lowest BCUT2D eigenvalue weighted by Crippen LogP contribution is -2.41. The van der Waals surface area contributed by atoms with Crippen LogP contribution in [0.3, 0.4) is 0 Å². The minimum Gasteiger partial charge on any atom is -0.329 e. The van der Waals surface area contributed by atoms with Crippen molar-refractivity contribution in [1.29, 1.82) is 0 Å². The molecule has 0 saturated carbocycles.